The van der Waals surface area contributed by atoms with Crippen molar-refractivity contribution < 1.29 is 14.3 Å². The number of amides is 1. The van der Waals surface area contributed by atoms with Crippen LogP contribution in [0.3, 0.4) is 0 Å². The first-order valence-corrected chi connectivity index (χ1v) is 7.76. The molecule has 116 valence electrons. The molecule has 5 heteroatoms. The summed E-state index contributed by atoms with van der Waals surface area (Å²) in [6, 6.07) is 6.71. The summed E-state index contributed by atoms with van der Waals surface area (Å²) >= 11 is 0. The maximum Gasteiger partial charge on any atom is 0.257 e. The number of fused-ring (bicyclic) bond motifs is 1. The van der Waals surface area contributed by atoms with Crippen LogP contribution in [0.5, 0.6) is 5.75 Å². The number of hydrogen-bond donors (Lipinski definition) is 3. The van der Waals surface area contributed by atoms with Gasteiger partial charge in [-0.05, 0) is 25.0 Å². The summed E-state index contributed by atoms with van der Waals surface area (Å²) < 4.78 is 5.31. The molecule has 0 atom stereocenters. The highest BCUT2D eigenvalue weighted by molar-refractivity contribution is 5.97. The molecular formula is C17H20N2O3. The first-order valence-electron chi connectivity index (χ1n) is 7.76. The Morgan fingerprint density at radius 1 is 1.23 bits per heavy atom. The summed E-state index contributed by atoms with van der Waals surface area (Å²) in [5.41, 5.74) is 0.223. The van der Waals surface area contributed by atoms with Gasteiger partial charge in [-0.1, -0.05) is 37.8 Å². The van der Waals surface area contributed by atoms with Gasteiger partial charge < -0.3 is 14.8 Å². The van der Waals surface area contributed by atoms with E-state index in [-0.39, 0.29) is 34.4 Å². The number of hydrogen-bond acceptors (Lipinski definition) is 4. The fraction of sp³-hybridized carbons (Fsp3) is 0.412. The summed E-state index contributed by atoms with van der Waals surface area (Å²) in [6.07, 6.45) is 6.69. The lowest BCUT2D eigenvalue weighted by atomic mass is 10.1. The predicted octanol–water partition coefficient (Wildman–Crippen LogP) is 3.07. The third kappa shape index (κ3) is 2.98. The van der Waals surface area contributed by atoms with E-state index >= 15 is 0 Å². The molecule has 1 aromatic heterocycles. The van der Waals surface area contributed by atoms with Crippen molar-refractivity contribution >= 4 is 16.9 Å². The van der Waals surface area contributed by atoms with Crippen molar-refractivity contribution in [2.75, 3.05) is 0 Å². The highest BCUT2D eigenvalue weighted by atomic mass is 16.4. The number of phenols is 1. The molecule has 1 aliphatic rings. The van der Waals surface area contributed by atoms with E-state index in [0.29, 0.717) is 5.39 Å². The van der Waals surface area contributed by atoms with E-state index in [2.05, 4.69) is 5.32 Å². The van der Waals surface area contributed by atoms with Crippen LogP contribution < -0.4 is 10.9 Å². The number of carbonyl (C=O) groups excluding carboxylic acids is 1. The summed E-state index contributed by atoms with van der Waals surface area (Å²) in [7, 11) is 0. The molecule has 1 fully saturated rings. The lowest BCUT2D eigenvalue weighted by molar-refractivity contribution is 0.0929. The number of carbonyl (C=O) groups is 1. The van der Waals surface area contributed by atoms with E-state index in [1.54, 1.807) is 18.2 Å². The number of phenolic OH excluding ortho intramolecular Hbond substituents is 1. The smallest absolute Gasteiger partial charge is 0.257 e. The number of benzene rings is 1. The van der Waals surface area contributed by atoms with Gasteiger partial charge in [-0.2, -0.15) is 0 Å². The molecule has 1 amide bonds. The topological polar surface area (TPSA) is 86.3 Å². The Balaban J connectivity index is 1.87. The van der Waals surface area contributed by atoms with Crippen LogP contribution in [0.4, 0.5) is 0 Å². The second kappa shape index (κ2) is 6.22. The minimum atomic E-state index is -0.272. The van der Waals surface area contributed by atoms with Crippen molar-refractivity contribution in [3.8, 4) is 5.75 Å². The molecule has 22 heavy (non-hydrogen) atoms. The second-order valence-corrected chi connectivity index (χ2v) is 5.85. The van der Waals surface area contributed by atoms with Gasteiger partial charge >= 0.3 is 0 Å². The lowest BCUT2D eigenvalue weighted by Crippen LogP contribution is -2.36. The van der Waals surface area contributed by atoms with E-state index < -0.39 is 0 Å². The van der Waals surface area contributed by atoms with Gasteiger partial charge in [0.05, 0.1) is 0 Å². The first-order chi connectivity index (χ1) is 10.6. The Morgan fingerprint density at radius 3 is 2.68 bits per heavy atom. The molecule has 2 aromatic rings. The fourth-order valence-electron chi connectivity index (χ4n) is 3.00. The average Bonchev–Trinajstić information content (AvgIpc) is 2.76. The number of rotatable bonds is 2. The Morgan fingerprint density at radius 2 is 1.95 bits per heavy atom. The van der Waals surface area contributed by atoms with Gasteiger partial charge in [0.15, 0.2) is 11.3 Å². The molecule has 3 rings (SSSR count). The molecule has 1 aromatic carbocycles. The van der Waals surface area contributed by atoms with Crippen molar-refractivity contribution in [3.05, 3.63) is 35.4 Å². The van der Waals surface area contributed by atoms with Crippen molar-refractivity contribution in [2.24, 2.45) is 0 Å². The van der Waals surface area contributed by atoms with E-state index in [0.717, 1.165) is 25.7 Å². The molecule has 3 N–H and O–H groups in total. The van der Waals surface area contributed by atoms with Gasteiger partial charge in [0, 0.05) is 11.4 Å². The molecule has 1 heterocycles. The number of aromatic hydroxyl groups is 1. The maximum atomic E-state index is 12.4. The Hall–Kier alpha value is -2.30. The number of para-hydroxylation sites is 1. The molecule has 0 bridgehead atoms. The summed E-state index contributed by atoms with van der Waals surface area (Å²) in [5.74, 6) is -0.299. The quantitative estimate of drug-likeness (QED) is 0.745. The van der Waals surface area contributed by atoms with E-state index in [1.807, 2.05) is 0 Å². The van der Waals surface area contributed by atoms with Gasteiger partial charge in [-0.15, -0.1) is 0 Å². The third-order valence-corrected chi connectivity index (χ3v) is 4.21. The van der Waals surface area contributed by atoms with Crippen LogP contribution >= 0.6 is 0 Å². The van der Waals surface area contributed by atoms with E-state index in [1.165, 1.54) is 18.9 Å². The fourth-order valence-corrected chi connectivity index (χ4v) is 3.00. The lowest BCUT2D eigenvalue weighted by Gasteiger charge is -2.16. The zero-order chi connectivity index (χ0) is 15.5. The first kappa shape index (κ1) is 14.6. The minimum absolute atomic E-state index is 0.0262. The molecule has 5 nitrogen and oxygen atoms in total. The second-order valence-electron chi connectivity index (χ2n) is 5.85. The van der Waals surface area contributed by atoms with Crippen LogP contribution in [0.2, 0.25) is 0 Å². The zero-order valence-corrected chi connectivity index (χ0v) is 12.4. The molecule has 1 saturated carbocycles. The monoisotopic (exact) mass is 300 g/mol. The van der Waals surface area contributed by atoms with Crippen molar-refractivity contribution in [1.29, 1.82) is 5.41 Å². The predicted molar refractivity (Wildman–Crippen MR) is 82.7 cm³/mol. The minimum Gasteiger partial charge on any atom is -0.504 e. The SMILES string of the molecule is N=c1oc2c(O)cccc2cc1C(=O)NC1CCCCCC1. The van der Waals surface area contributed by atoms with Crippen LogP contribution in [-0.4, -0.2) is 17.1 Å². The third-order valence-electron chi connectivity index (χ3n) is 4.21. The van der Waals surface area contributed by atoms with Crippen LogP contribution in [0.1, 0.15) is 48.9 Å². The number of nitrogens with one attached hydrogen (secondary N) is 2. The van der Waals surface area contributed by atoms with Gasteiger partial charge in [0.2, 0.25) is 5.55 Å². The molecule has 0 unspecified atom stereocenters. The van der Waals surface area contributed by atoms with Crippen molar-refractivity contribution in [3.63, 3.8) is 0 Å². The van der Waals surface area contributed by atoms with Gasteiger partial charge in [0.1, 0.15) is 5.56 Å². The molecule has 0 radical (unpaired) electrons. The van der Waals surface area contributed by atoms with Crippen LogP contribution in [0.15, 0.2) is 28.7 Å². The highest BCUT2D eigenvalue weighted by Crippen LogP contribution is 2.23. The van der Waals surface area contributed by atoms with E-state index in [9.17, 15) is 9.90 Å². The molecular weight excluding hydrogens is 280 g/mol. The van der Waals surface area contributed by atoms with Gasteiger partial charge in [-0.3, -0.25) is 10.2 Å². The van der Waals surface area contributed by atoms with E-state index in [4.69, 9.17) is 9.83 Å². The van der Waals surface area contributed by atoms with Crippen molar-refractivity contribution in [2.45, 2.75) is 44.6 Å². The van der Waals surface area contributed by atoms with Crippen LogP contribution in [0, 0.1) is 5.41 Å². The normalized spacial score (nSPS) is 16.4. The zero-order valence-electron chi connectivity index (χ0n) is 12.4. The van der Waals surface area contributed by atoms with Crippen LogP contribution in [-0.2, 0) is 0 Å². The summed E-state index contributed by atoms with van der Waals surface area (Å²) in [5, 5.41) is 21.3. The Bertz CT molecular complexity index is 743. The summed E-state index contributed by atoms with van der Waals surface area (Å²) in [6.45, 7) is 0. The van der Waals surface area contributed by atoms with Crippen molar-refractivity contribution in [1.82, 2.24) is 5.32 Å². The molecule has 1 aliphatic carbocycles. The average molecular weight is 300 g/mol. The standard InChI is InChI=1S/C17H20N2O3/c18-16-13(10-11-6-5-9-14(20)15(11)22-16)17(21)19-12-7-3-1-2-4-8-12/h5-6,9-10,12,18,20H,1-4,7-8H2,(H,19,21). The molecule has 0 spiro atoms. The Labute approximate surface area is 128 Å². The summed E-state index contributed by atoms with van der Waals surface area (Å²) in [4.78, 5) is 12.4. The van der Waals surface area contributed by atoms with Gasteiger partial charge in [0.25, 0.3) is 5.91 Å². The molecule has 0 aliphatic heterocycles. The maximum absolute atomic E-state index is 12.4. The largest absolute Gasteiger partial charge is 0.504 e. The molecule has 0 saturated heterocycles. The highest BCUT2D eigenvalue weighted by Gasteiger charge is 2.18. The van der Waals surface area contributed by atoms with Crippen LogP contribution in [0.25, 0.3) is 11.0 Å². The Kier molecular flexibility index (Phi) is 4.13. The van der Waals surface area contributed by atoms with Gasteiger partial charge in [-0.25, -0.2) is 0 Å².